The van der Waals surface area contributed by atoms with Crippen LogP contribution in [0.2, 0.25) is 5.15 Å². The fraction of sp³-hybridized carbons (Fsp3) is 0.133. The lowest BCUT2D eigenvalue weighted by molar-refractivity contribution is -0.137. The number of aromatic nitrogens is 1. The van der Waals surface area contributed by atoms with Crippen LogP contribution in [0.4, 0.5) is 13.2 Å². The van der Waals surface area contributed by atoms with Crippen LogP contribution in [0.5, 0.6) is 0 Å². The van der Waals surface area contributed by atoms with Crippen LogP contribution in [0, 0.1) is 0 Å². The van der Waals surface area contributed by atoms with E-state index in [9.17, 15) is 13.2 Å². The van der Waals surface area contributed by atoms with E-state index in [1.807, 2.05) is 0 Å². The van der Waals surface area contributed by atoms with Crippen LogP contribution in [0.3, 0.4) is 0 Å². The highest BCUT2D eigenvalue weighted by Gasteiger charge is 2.30. The summed E-state index contributed by atoms with van der Waals surface area (Å²) in [7, 11) is 0. The van der Waals surface area contributed by atoms with Crippen molar-refractivity contribution in [2.24, 2.45) is 0 Å². The zero-order chi connectivity index (χ0) is 15.0. The molecule has 6 heteroatoms. The number of furan rings is 1. The monoisotopic (exact) mass is 311 g/mol. The van der Waals surface area contributed by atoms with E-state index in [2.05, 4.69) is 4.98 Å². The second-order valence-corrected chi connectivity index (χ2v) is 4.96. The second-order valence-electron chi connectivity index (χ2n) is 4.60. The van der Waals surface area contributed by atoms with Gasteiger partial charge in [-0.2, -0.15) is 13.2 Å². The summed E-state index contributed by atoms with van der Waals surface area (Å²) in [6.45, 7) is 0. The highest BCUT2D eigenvalue weighted by atomic mass is 35.5. The molecule has 0 atom stereocenters. The summed E-state index contributed by atoms with van der Waals surface area (Å²) in [5, 5.41) is 0.965. The molecule has 0 radical (unpaired) electrons. The van der Waals surface area contributed by atoms with E-state index in [0.29, 0.717) is 27.4 Å². The first kappa shape index (κ1) is 13.9. The van der Waals surface area contributed by atoms with Crippen molar-refractivity contribution < 1.29 is 17.6 Å². The number of hydrogen-bond donors (Lipinski definition) is 0. The Kier molecular flexibility index (Phi) is 3.37. The molecule has 0 bridgehead atoms. The second kappa shape index (κ2) is 5.07. The van der Waals surface area contributed by atoms with Crippen molar-refractivity contribution in [3.8, 4) is 0 Å². The quantitative estimate of drug-likeness (QED) is 0.616. The van der Waals surface area contributed by atoms with Gasteiger partial charge < -0.3 is 4.42 Å². The highest BCUT2D eigenvalue weighted by Crippen LogP contribution is 2.31. The number of rotatable bonds is 2. The van der Waals surface area contributed by atoms with Crippen molar-refractivity contribution in [2.75, 3.05) is 0 Å². The molecule has 2 aromatic heterocycles. The lowest BCUT2D eigenvalue weighted by atomic mass is 10.1. The maximum Gasteiger partial charge on any atom is 0.416 e. The van der Waals surface area contributed by atoms with Crippen LogP contribution in [-0.4, -0.2) is 4.98 Å². The maximum atomic E-state index is 12.7. The molecule has 0 saturated carbocycles. The van der Waals surface area contributed by atoms with Crippen LogP contribution >= 0.6 is 11.6 Å². The molecule has 21 heavy (non-hydrogen) atoms. The molecule has 108 valence electrons. The van der Waals surface area contributed by atoms with Gasteiger partial charge in [-0.1, -0.05) is 29.8 Å². The van der Waals surface area contributed by atoms with Gasteiger partial charge in [0.2, 0.25) is 0 Å². The molecule has 0 unspecified atom stereocenters. The average molecular weight is 312 g/mol. The van der Waals surface area contributed by atoms with Gasteiger partial charge in [-0.05, 0) is 23.8 Å². The molecule has 3 aromatic rings. The summed E-state index contributed by atoms with van der Waals surface area (Å²) < 4.78 is 43.6. The van der Waals surface area contributed by atoms with Crippen molar-refractivity contribution >= 4 is 22.6 Å². The topological polar surface area (TPSA) is 26.0 Å². The molecule has 0 aliphatic heterocycles. The highest BCUT2D eigenvalue weighted by molar-refractivity contribution is 6.34. The number of pyridine rings is 1. The fourth-order valence-electron chi connectivity index (χ4n) is 2.13. The molecular formula is C15H9ClF3NO. The van der Waals surface area contributed by atoms with E-state index in [-0.39, 0.29) is 6.42 Å². The minimum Gasteiger partial charge on any atom is -0.461 e. The standard InChI is InChI=1S/C15H9ClF3NO/c16-14-12-8-11(21-13(12)4-5-20-14)7-9-2-1-3-10(6-9)15(17,18)19/h1-6,8H,7H2. The third-order valence-corrected chi connectivity index (χ3v) is 3.38. The zero-order valence-electron chi connectivity index (χ0n) is 10.6. The number of halogens is 4. The smallest absolute Gasteiger partial charge is 0.416 e. The van der Waals surface area contributed by atoms with E-state index in [0.717, 1.165) is 12.1 Å². The molecule has 0 saturated heterocycles. The van der Waals surface area contributed by atoms with Gasteiger partial charge in [0, 0.05) is 12.6 Å². The van der Waals surface area contributed by atoms with E-state index in [4.69, 9.17) is 16.0 Å². The Morgan fingerprint density at radius 1 is 1.14 bits per heavy atom. The summed E-state index contributed by atoms with van der Waals surface area (Å²) in [4.78, 5) is 3.93. The van der Waals surface area contributed by atoms with E-state index < -0.39 is 11.7 Å². The van der Waals surface area contributed by atoms with Crippen molar-refractivity contribution in [2.45, 2.75) is 12.6 Å². The van der Waals surface area contributed by atoms with Gasteiger partial charge in [-0.15, -0.1) is 0 Å². The molecule has 0 spiro atoms. The van der Waals surface area contributed by atoms with Crippen LogP contribution in [-0.2, 0) is 12.6 Å². The molecule has 0 aliphatic rings. The summed E-state index contributed by atoms with van der Waals surface area (Å²) in [6.07, 6.45) is -2.58. The van der Waals surface area contributed by atoms with Gasteiger partial charge in [0.15, 0.2) is 0 Å². The van der Waals surface area contributed by atoms with E-state index in [1.54, 1.807) is 18.2 Å². The van der Waals surface area contributed by atoms with Crippen LogP contribution in [0.25, 0.3) is 11.0 Å². The minimum absolute atomic E-state index is 0.259. The lowest BCUT2D eigenvalue weighted by Crippen LogP contribution is -2.05. The fourth-order valence-corrected chi connectivity index (χ4v) is 2.33. The van der Waals surface area contributed by atoms with Gasteiger partial charge in [-0.25, -0.2) is 4.98 Å². The summed E-state index contributed by atoms with van der Waals surface area (Å²) in [5.41, 5.74) is 0.417. The molecule has 3 rings (SSSR count). The first-order valence-corrected chi connectivity index (χ1v) is 6.50. The average Bonchev–Trinajstić information content (AvgIpc) is 2.82. The first-order chi connectivity index (χ1) is 9.93. The minimum atomic E-state index is -4.35. The SMILES string of the molecule is FC(F)(F)c1cccc(Cc2cc3c(Cl)nccc3o2)c1. The van der Waals surface area contributed by atoms with Crippen LogP contribution in [0.1, 0.15) is 16.9 Å². The van der Waals surface area contributed by atoms with Gasteiger partial charge >= 0.3 is 6.18 Å². The Hall–Kier alpha value is -2.01. The number of benzene rings is 1. The van der Waals surface area contributed by atoms with Gasteiger partial charge in [-0.3, -0.25) is 0 Å². The molecule has 0 amide bonds. The Balaban J connectivity index is 1.93. The molecule has 1 aromatic carbocycles. The lowest BCUT2D eigenvalue weighted by Gasteiger charge is -2.07. The molecule has 2 nitrogen and oxygen atoms in total. The third kappa shape index (κ3) is 2.88. The summed E-state index contributed by atoms with van der Waals surface area (Å²) >= 11 is 5.94. The van der Waals surface area contributed by atoms with Gasteiger partial charge in [0.05, 0.1) is 10.9 Å². The zero-order valence-corrected chi connectivity index (χ0v) is 11.4. The summed E-state index contributed by atoms with van der Waals surface area (Å²) in [5.74, 6) is 0.541. The van der Waals surface area contributed by atoms with E-state index >= 15 is 0 Å². The maximum absolute atomic E-state index is 12.7. The van der Waals surface area contributed by atoms with E-state index in [1.165, 1.54) is 12.3 Å². The number of hydrogen-bond acceptors (Lipinski definition) is 2. The normalized spacial score (nSPS) is 12.0. The molecule has 0 aliphatic carbocycles. The molecule has 2 heterocycles. The van der Waals surface area contributed by atoms with Crippen molar-refractivity contribution in [3.63, 3.8) is 0 Å². The van der Waals surface area contributed by atoms with Gasteiger partial charge in [0.25, 0.3) is 0 Å². The molecule has 0 fully saturated rings. The molecule has 0 N–H and O–H groups in total. The number of nitrogens with zero attached hydrogens (tertiary/aromatic N) is 1. The van der Waals surface area contributed by atoms with Crippen LogP contribution < -0.4 is 0 Å². The largest absolute Gasteiger partial charge is 0.461 e. The Labute approximate surface area is 123 Å². The Morgan fingerprint density at radius 2 is 1.95 bits per heavy atom. The number of alkyl halides is 3. The Bertz CT molecular complexity index is 795. The van der Waals surface area contributed by atoms with Crippen molar-refractivity contribution in [3.05, 3.63) is 64.6 Å². The van der Waals surface area contributed by atoms with Crippen LogP contribution in [0.15, 0.2) is 47.0 Å². The summed E-state index contributed by atoms with van der Waals surface area (Å²) in [6, 6.07) is 8.54. The number of fused-ring (bicyclic) bond motifs is 1. The van der Waals surface area contributed by atoms with Crippen molar-refractivity contribution in [1.82, 2.24) is 4.98 Å². The Morgan fingerprint density at radius 3 is 2.67 bits per heavy atom. The predicted molar refractivity (Wildman–Crippen MR) is 73.3 cm³/mol. The first-order valence-electron chi connectivity index (χ1n) is 6.12. The molecular weight excluding hydrogens is 303 g/mol. The van der Waals surface area contributed by atoms with Gasteiger partial charge in [0.1, 0.15) is 16.5 Å². The third-order valence-electron chi connectivity index (χ3n) is 3.08. The van der Waals surface area contributed by atoms with Crippen molar-refractivity contribution in [1.29, 1.82) is 0 Å². The predicted octanol–water partition coefficient (Wildman–Crippen LogP) is 5.09.